The summed E-state index contributed by atoms with van der Waals surface area (Å²) in [6.07, 6.45) is 1.17. The zero-order valence-corrected chi connectivity index (χ0v) is 7.78. The Balaban J connectivity index is 4.25. The third kappa shape index (κ3) is 3.94. The van der Waals surface area contributed by atoms with Gasteiger partial charge in [0.15, 0.2) is 0 Å². The molecule has 0 rings (SSSR count). The van der Waals surface area contributed by atoms with Crippen LogP contribution < -0.4 is 0 Å². The number of β-amino-alcohol motifs (C(OH)–C–C–N with tert-alkyl or cyclic N) is 1. The molecule has 0 atom stereocenters. The summed E-state index contributed by atoms with van der Waals surface area (Å²) < 4.78 is 0. The molecule has 0 fully saturated rings. The summed E-state index contributed by atoms with van der Waals surface area (Å²) in [5.74, 6) is 0. The highest BCUT2D eigenvalue weighted by atomic mass is 16.3. The maximum Gasteiger partial charge on any atom is 0.124 e. The van der Waals surface area contributed by atoms with Crippen LogP contribution in [0.15, 0.2) is 5.10 Å². The average Bonchev–Trinajstić information content (AvgIpc) is 1.95. The minimum Gasteiger partial charge on any atom is -0.394 e. The number of hydrazone groups is 1. The summed E-state index contributed by atoms with van der Waals surface area (Å²) in [6.45, 7) is 6.40. The first-order chi connectivity index (χ1) is 5.52. The summed E-state index contributed by atoms with van der Waals surface area (Å²) in [7, 11) is 0. The minimum absolute atomic E-state index is 0.0417. The van der Waals surface area contributed by atoms with Crippen molar-refractivity contribution in [1.29, 1.82) is 5.26 Å². The van der Waals surface area contributed by atoms with Crippen LogP contribution in [0.5, 0.6) is 0 Å². The number of aliphatic hydroxyl groups excluding tert-OH is 1. The van der Waals surface area contributed by atoms with Crippen molar-refractivity contribution in [3.8, 4) is 6.07 Å². The van der Waals surface area contributed by atoms with Crippen LogP contribution in [-0.2, 0) is 0 Å². The molecule has 0 aromatic carbocycles. The zero-order valence-electron chi connectivity index (χ0n) is 7.78. The predicted molar refractivity (Wildman–Crippen MR) is 47.6 cm³/mol. The Morgan fingerprint density at radius 1 is 1.58 bits per heavy atom. The molecular formula is C8H15N3O. The van der Waals surface area contributed by atoms with Gasteiger partial charge in [0.1, 0.15) is 12.3 Å². The smallest absolute Gasteiger partial charge is 0.124 e. The van der Waals surface area contributed by atoms with Crippen LogP contribution in [-0.4, -0.2) is 35.0 Å². The Labute approximate surface area is 73.1 Å². The molecule has 0 amide bonds. The van der Waals surface area contributed by atoms with E-state index < -0.39 is 0 Å². The highest BCUT2D eigenvalue weighted by molar-refractivity contribution is 5.74. The molecule has 68 valence electrons. The van der Waals surface area contributed by atoms with Gasteiger partial charge in [0.05, 0.1) is 13.2 Å². The summed E-state index contributed by atoms with van der Waals surface area (Å²) in [5, 5.41) is 22.5. The lowest BCUT2D eigenvalue weighted by Crippen LogP contribution is -2.39. The molecule has 0 saturated heterocycles. The first-order valence-electron chi connectivity index (χ1n) is 3.83. The molecule has 0 bridgehead atoms. The van der Waals surface area contributed by atoms with Crippen molar-refractivity contribution in [3.05, 3.63) is 0 Å². The third-order valence-electron chi connectivity index (χ3n) is 1.34. The van der Waals surface area contributed by atoms with Gasteiger partial charge in [0.25, 0.3) is 0 Å². The van der Waals surface area contributed by atoms with Gasteiger partial charge in [-0.25, -0.2) is 0 Å². The first kappa shape index (κ1) is 10.9. The van der Waals surface area contributed by atoms with Crippen molar-refractivity contribution in [1.82, 2.24) is 5.01 Å². The molecule has 12 heavy (non-hydrogen) atoms. The Kier molecular flexibility index (Phi) is 4.30. The van der Waals surface area contributed by atoms with Crippen LogP contribution in [0.4, 0.5) is 0 Å². The van der Waals surface area contributed by atoms with Crippen LogP contribution in [0, 0.1) is 11.3 Å². The molecule has 0 saturated carbocycles. The van der Waals surface area contributed by atoms with Gasteiger partial charge in [0.2, 0.25) is 0 Å². The predicted octanol–water partition coefficient (Wildman–Crippen LogP) is 0.589. The Morgan fingerprint density at radius 2 is 2.17 bits per heavy atom. The normalized spacial score (nSPS) is 11.6. The van der Waals surface area contributed by atoms with E-state index in [1.54, 1.807) is 5.01 Å². The highest BCUT2D eigenvalue weighted by Gasteiger charge is 2.18. The van der Waals surface area contributed by atoms with E-state index in [0.29, 0.717) is 6.54 Å². The summed E-state index contributed by atoms with van der Waals surface area (Å²) in [5.41, 5.74) is -0.157. The average molecular weight is 169 g/mol. The molecule has 4 nitrogen and oxygen atoms in total. The quantitative estimate of drug-likeness (QED) is 0.497. The van der Waals surface area contributed by atoms with Gasteiger partial charge >= 0.3 is 0 Å². The molecule has 0 radical (unpaired) electrons. The van der Waals surface area contributed by atoms with Gasteiger partial charge in [-0.2, -0.15) is 10.4 Å². The molecule has 0 aliphatic heterocycles. The van der Waals surface area contributed by atoms with Crippen LogP contribution in [0.2, 0.25) is 0 Å². The van der Waals surface area contributed by atoms with Crippen molar-refractivity contribution >= 4 is 6.21 Å². The number of hydrogen-bond acceptors (Lipinski definition) is 4. The van der Waals surface area contributed by atoms with Crippen LogP contribution in [0.1, 0.15) is 20.8 Å². The number of aliphatic hydroxyl groups is 1. The number of rotatable bonds is 3. The van der Waals surface area contributed by atoms with Gasteiger partial charge in [0, 0.05) is 5.54 Å². The SMILES string of the molecule is CC(C)(C)N(CCO)N=CC#N. The fourth-order valence-electron chi connectivity index (χ4n) is 0.757. The van der Waals surface area contributed by atoms with E-state index in [1.807, 2.05) is 26.8 Å². The van der Waals surface area contributed by atoms with Crippen molar-refractivity contribution in [2.24, 2.45) is 5.10 Å². The van der Waals surface area contributed by atoms with E-state index in [0.717, 1.165) is 0 Å². The molecule has 4 heteroatoms. The molecule has 0 spiro atoms. The first-order valence-corrected chi connectivity index (χ1v) is 3.83. The second kappa shape index (κ2) is 4.73. The van der Waals surface area contributed by atoms with Gasteiger partial charge in [-0.3, -0.25) is 5.01 Å². The Bertz CT molecular complexity index is 187. The van der Waals surface area contributed by atoms with Crippen molar-refractivity contribution in [3.63, 3.8) is 0 Å². The Morgan fingerprint density at radius 3 is 2.50 bits per heavy atom. The van der Waals surface area contributed by atoms with Gasteiger partial charge < -0.3 is 5.11 Å². The summed E-state index contributed by atoms with van der Waals surface area (Å²) in [6, 6.07) is 1.81. The van der Waals surface area contributed by atoms with Crippen LogP contribution in [0.3, 0.4) is 0 Å². The maximum absolute atomic E-state index is 8.70. The monoisotopic (exact) mass is 169 g/mol. The summed E-state index contributed by atoms with van der Waals surface area (Å²) in [4.78, 5) is 0. The Hall–Kier alpha value is -1.08. The molecule has 0 heterocycles. The topological polar surface area (TPSA) is 59.6 Å². The molecule has 0 aliphatic carbocycles. The van der Waals surface area contributed by atoms with Gasteiger partial charge in [-0.05, 0) is 20.8 Å². The lowest BCUT2D eigenvalue weighted by atomic mass is 10.1. The molecule has 0 aliphatic rings. The van der Waals surface area contributed by atoms with E-state index in [2.05, 4.69) is 5.10 Å². The third-order valence-corrected chi connectivity index (χ3v) is 1.34. The van der Waals surface area contributed by atoms with Crippen LogP contribution >= 0.6 is 0 Å². The van der Waals surface area contributed by atoms with E-state index in [4.69, 9.17) is 10.4 Å². The second-order valence-electron chi connectivity index (χ2n) is 3.39. The van der Waals surface area contributed by atoms with E-state index in [1.165, 1.54) is 6.21 Å². The molecule has 0 unspecified atom stereocenters. The van der Waals surface area contributed by atoms with Crippen molar-refractivity contribution in [2.45, 2.75) is 26.3 Å². The molecule has 0 aromatic heterocycles. The minimum atomic E-state index is -0.157. The maximum atomic E-state index is 8.70. The van der Waals surface area contributed by atoms with Crippen molar-refractivity contribution in [2.75, 3.05) is 13.2 Å². The largest absolute Gasteiger partial charge is 0.394 e. The zero-order chi connectivity index (χ0) is 9.61. The van der Waals surface area contributed by atoms with Crippen LogP contribution in [0.25, 0.3) is 0 Å². The lowest BCUT2D eigenvalue weighted by molar-refractivity contribution is 0.111. The summed E-state index contributed by atoms with van der Waals surface area (Å²) >= 11 is 0. The molecule has 1 N–H and O–H groups in total. The van der Waals surface area contributed by atoms with E-state index in [9.17, 15) is 0 Å². The van der Waals surface area contributed by atoms with Gasteiger partial charge in [-0.15, -0.1) is 0 Å². The molecular weight excluding hydrogens is 154 g/mol. The van der Waals surface area contributed by atoms with Crippen molar-refractivity contribution < 1.29 is 5.11 Å². The highest BCUT2D eigenvalue weighted by Crippen LogP contribution is 2.12. The van der Waals surface area contributed by atoms with E-state index in [-0.39, 0.29) is 12.1 Å². The standard InChI is InChI=1S/C8H15N3O/c1-8(2,3)11(6-7-12)10-5-4-9/h5,12H,6-7H2,1-3H3. The second-order valence-corrected chi connectivity index (χ2v) is 3.39. The molecule has 0 aromatic rings. The van der Waals surface area contributed by atoms with E-state index >= 15 is 0 Å². The number of nitrogens with zero attached hydrogens (tertiary/aromatic N) is 3. The fourth-order valence-corrected chi connectivity index (χ4v) is 0.757. The fraction of sp³-hybridized carbons (Fsp3) is 0.750. The van der Waals surface area contributed by atoms with Gasteiger partial charge in [-0.1, -0.05) is 0 Å². The number of nitriles is 1. The lowest BCUT2D eigenvalue weighted by Gasteiger charge is -2.31. The number of hydrogen-bond donors (Lipinski definition) is 1.